The van der Waals surface area contributed by atoms with Crippen molar-refractivity contribution in [1.29, 1.82) is 0 Å². The summed E-state index contributed by atoms with van der Waals surface area (Å²) >= 11 is 0. The topological polar surface area (TPSA) is 3.24 Å². The van der Waals surface area contributed by atoms with E-state index in [-0.39, 0.29) is 0 Å². The zero-order chi connectivity index (χ0) is 19.6. The molecule has 0 aromatic heterocycles. The van der Waals surface area contributed by atoms with Crippen molar-refractivity contribution < 1.29 is 0 Å². The van der Waals surface area contributed by atoms with Crippen molar-refractivity contribution in [3.05, 3.63) is 42.0 Å². The van der Waals surface area contributed by atoms with Crippen molar-refractivity contribution in [3.63, 3.8) is 0 Å². The Hall–Kier alpha value is -1.07. The second-order valence-electron chi connectivity index (χ2n) is 9.56. The molecule has 1 unspecified atom stereocenters. The Morgan fingerprint density at radius 2 is 1.50 bits per heavy atom. The van der Waals surface area contributed by atoms with Crippen LogP contribution in [0.3, 0.4) is 0 Å². The highest BCUT2D eigenvalue weighted by Gasteiger charge is 2.48. The average Bonchev–Trinajstić information content (AvgIpc) is 2.74. The summed E-state index contributed by atoms with van der Waals surface area (Å²) in [7, 11) is 7.39. The summed E-state index contributed by atoms with van der Waals surface area (Å²) in [5.41, 5.74) is 4.88. The van der Waals surface area contributed by atoms with E-state index in [1.54, 1.807) is 5.57 Å². The van der Waals surface area contributed by atoms with Crippen LogP contribution in [-0.4, -0.2) is 14.1 Å². The van der Waals surface area contributed by atoms with Gasteiger partial charge in [0, 0.05) is 25.1 Å². The van der Waals surface area contributed by atoms with Crippen LogP contribution in [0.15, 0.2) is 36.4 Å². The van der Waals surface area contributed by atoms with Gasteiger partial charge in [0.2, 0.25) is 0 Å². The lowest BCUT2D eigenvalue weighted by Crippen LogP contribution is -2.42. The Balaban J connectivity index is 1.86. The monoisotopic (exact) mass is 395 g/mol. The van der Waals surface area contributed by atoms with Crippen molar-refractivity contribution in [1.82, 2.24) is 0 Å². The average molecular weight is 396 g/mol. The molecule has 2 heteroatoms. The predicted octanol–water partition coefficient (Wildman–Crippen LogP) is 6.74. The molecule has 1 atom stereocenters. The van der Waals surface area contributed by atoms with Gasteiger partial charge in [-0.05, 0) is 54.8 Å². The summed E-state index contributed by atoms with van der Waals surface area (Å²) < 4.78 is 0. The Morgan fingerprint density at radius 1 is 0.893 bits per heavy atom. The number of benzene rings is 1. The van der Waals surface area contributed by atoms with Gasteiger partial charge < -0.3 is 4.90 Å². The van der Waals surface area contributed by atoms with Crippen molar-refractivity contribution >= 4 is 25.8 Å². The van der Waals surface area contributed by atoms with E-state index < -0.39 is 0 Å². The standard InChI is InChI=1S/C26H38NP/c1-27(2)25-22(16-11-18-24(25)28)23-17-9-10-19-26(23,20-12-5-3-6-13-20)21-14-7-4-8-15-21/h9-11,16-18,20-21H,3-8,12-15,19,28H2,1-2H3. The van der Waals surface area contributed by atoms with Gasteiger partial charge in [-0.1, -0.05) is 75.0 Å². The van der Waals surface area contributed by atoms with Gasteiger partial charge in [-0.15, -0.1) is 9.24 Å². The van der Waals surface area contributed by atoms with E-state index in [9.17, 15) is 0 Å². The molecule has 3 aliphatic carbocycles. The minimum absolute atomic E-state index is 0.346. The number of anilines is 1. The molecule has 0 saturated heterocycles. The highest BCUT2D eigenvalue weighted by Crippen LogP contribution is 2.60. The summed E-state index contributed by atoms with van der Waals surface area (Å²) in [4.78, 5) is 2.32. The van der Waals surface area contributed by atoms with Gasteiger partial charge in [0.25, 0.3) is 0 Å². The molecule has 2 fully saturated rings. The zero-order valence-electron chi connectivity index (χ0n) is 17.9. The minimum atomic E-state index is 0.346. The Kier molecular flexibility index (Phi) is 6.31. The maximum Gasteiger partial charge on any atom is 0.0510 e. The smallest absolute Gasteiger partial charge is 0.0510 e. The fourth-order valence-electron chi connectivity index (χ4n) is 6.65. The molecule has 0 spiro atoms. The normalized spacial score (nSPS) is 23.5. The lowest BCUT2D eigenvalue weighted by Gasteiger charge is -2.52. The second-order valence-corrected chi connectivity index (χ2v) is 10.2. The van der Waals surface area contributed by atoms with E-state index in [1.165, 1.54) is 87.2 Å². The molecule has 0 N–H and O–H groups in total. The first-order valence-electron chi connectivity index (χ1n) is 11.6. The fraction of sp³-hybridized carbons (Fsp3) is 0.615. The summed E-state index contributed by atoms with van der Waals surface area (Å²) in [6.45, 7) is 0. The molecule has 1 aromatic carbocycles. The van der Waals surface area contributed by atoms with Gasteiger partial charge in [-0.25, -0.2) is 0 Å². The van der Waals surface area contributed by atoms with Gasteiger partial charge in [-0.2, -0.15) is 0 Å². The van der Waals surface area contributed by atoms with E-state index in [0.717, 1.165) is 11.8 Å². The predicted molar refractivity (Wildman–Crippen MR) is 127 cm³/mol. The maximum absolute atomic E-state index is 2.98. The molecular formula is C26H38NP. The summed E-state index contributed by atoms with van der Waals surface area (Å²) in [6.07, 6.45) is 22.9. The zero-order valence-corrected chi connectivity index (χ0v) is 19.1. The first-order chi connectivity index (χ1) is 13.6. The maximum atomic E-state index is 2.98. The summed E-state index contributed by atoms with van der Waals surface area (Å²) in [6, 6.07) is 6.90. The lowest BCUT2D eigenvalue weighted by atomic mass is 9.52. The lowest BCUT2D eigenvalue weighted by molar-refractivity contribution is 0.0805. The van der Waals surface area contributed by atoms with Gasteiger partial charge in [0.05, 0.1) is 5.69 Å². The van der Waals surface area contributed by atoms with Crippen LogP contribution in [0.4, 0.5) is 5.69 Å². The molecule has 0 heterocycles. The van der Waals surface area contributed by atoms with Crippen LogP contribution < -0.4 is 10.2 Å². The van der Waals surface area contributed by atoms with Crippen LogP contribution in [0.25, 0.3) is 5.57 Å². The molecule has 2 saturated carbocycles. The van der Waals surface area contributed by atoms with Gasteiger partial charge in [0.1, 0.15) is 0 Å². The summed E-state index contributed by atoms with van der Waals surface area (Å²) in [5.74, 6) is 1.70. The number of allylic oxidation sites excluding steroid dienone is 4. The molecule has 1 nitrogen and oxygen atoms in total. The van der Waals surface area contributed by atoms with Crippen molar-refractivity contribution in [2.24, 2.45) is 17.3 Å². The molecule has 4 rings (SSSR count). The van der Waals surface area contributed by atoms with E-state index in [0.29, 0.717) is 5.41 Å². The number of para-hydroxylation sites is 1. The first-order valence-corrected chi connectivity index (χ1v) is 12.2. The number of hydrogen-bond acceptors (Lipinski definition) is 1. The van der Waals surface area contributed by atoms with Crippen molar-refractivity contribution in [3.8, 4) is 0 Å². The van der Waals surface area contributed by atoms with Gasteiger partial charge >= 0.3 is 0 Å². The van der Waals surface area contributed by atoms with E-state index in [4.69, 9.17) is 0 Å². The molecular weight excluding hydrogens is 357 g/mol. The molecule has 152 valence electrons. The summed E-state index contributed by atoms with van der Waals surface area (Å²) in [5, 5.41) is 1.32. The fourth-order valence-corrected chi connectivity index (χ4v) is 7.18. The third kappa shape index (κ3) is 3.60. The third-order valence-electron chi connectivity index (χ3n) is 7.83. The van der Waals surface area contributed by atoms with Crippen LogP contribution in [0.1, 0.15) is 76.2 Å². The molecule has 1 aromatic rings. The third-order valence-corrected chi connectivity index (χ3v) is 8.29. The SMILES string of the molecule is CN(C)c1c(P)cccc1C1=CC=CCC1(C1CCCCC1)C1CCCCC1. The number of hydrogen-bond donors (Lipinski definition) is 0. The largest absolute Gasteiger partial charge is 0.377 e. The van der Waals surface area contributed by atoms with Crippen LogP contribution >= 0.6 is 9.24 Å². The molecule has 0 amide bonds. The van der Waals surface area contributed by atoms with Crippen LogP contribution in [0, 0.1) is 17.3 Å². The minimum Gasteiger partial charge on any atom is -0.377 e. The highest BCUT2D eigenvalue weighted by molar-refractivity contribution is 7.28. The van der Waals surface area contributed by atoms with Crippen LogP contribution in [0.2, 0.25) is 0 Å². The van der Waals surface area contributed by atoms with Crippen molar-refractivity contribution in [2.45, 2.75) is 70.6 Å². The Bertz CT molecular complexity index is 715. The number of nitrogens with zero attached hydrogens (tertiary/aromatic N) is 1. The Morgan fingerprint density at radius 3 is 2.07 bits per heavy atom. The van der Waals surface area contributed by atoms with E-state index >= 15 is 0 Å². The second kappa shape index (κ2) is 8.74. The Labute approximate surface area is 174 Å². The molecule has 0 aliphatic heterocycles. The van der Waals surface area contributed by atoms with E-state index in [1.807, 2.05) is 0 Å². The molecule has 3 aliphatic rings. The quantitative estimate of drug-likeness (QED) is 0.510. The first kappa shape index (κ1) is 20.2. The van der Waals surface area contributed by atoms with Crippen molar-refractivity contribution in [2.75, 3.05) is 19.0 Å². The highest BCUT2D eigenvalue weighted by atomic mass is 31.0. The van der Waals surface area contributed by atoms with Crippen LogP contribution in [-0.2, 0) is 0 Å². The van der Waals surface area contributed by atoms with Crippen LogP contribution in [0.5, 0.6) is 0 Å². The molecule has 0 bridgehead atoms. The van der Waals surface area contributed by atoms with Gasteiger partial charge in [0.15, 0.2) is 0 Å². The van der Waals surface area contributed by atoms with Gasteiger partial charge in [-0.3, -0.25) is 0 Å². The molecule has 0 radical (unpaired) electrons. The van der Waals surface area contributed by atoms with E-state index in [2.05, 4.69) is 64.7 Å². The number of rotatable bonds is 4. The molecule has 28 heavy (non-hydrogen) atoms.